The first-order valence-corrected chi connectivity index (χ1v) is 10.9. The third kappa shape index (κ3) is 9.48. The number of ether oxygens (including phenoxy) is 1. The average Bonchev–Trinajstić information content (AvgIpc) is 3.50. The van der Waals surface area contributed by atoms with Crippen LogP contribution in [0.3, 0.4) is 0 Å². The minimum Gasteiger partial charge on any atom is -0.475 e. The quantitative estimate of drug-likeness (QED) is 0.472. The first-order valence-electron chi connectivity index (χ1n) is 10.9. The molecule has 0 aliphatic carbocycles. The number of aromatic nitrogens is 1. The van der Waals surface area contributed by atoms with Crippen LogP contribution >= 0.6 is 0 Å². The molecule has 0 aromatic carbocycles. The number of carboxylic acids is 2. The number of nitrogens with zero attached hydrogens (tertiary/aromatic N) is 2. The molecule has 0 radical (unpaired) electrons. The Kier molecular flexibility index (Phi) is 10.1. The van der Waals surface area contributed by atoms with Crippen LogP contribution in [0.1, 0.15) is 24.4 Å². The Labute approximate surface area is 211 Å². The number of halogens is 7. The number of nitrogens with one attached hydrogen (secondary N) is 1. The van der Waals surface area contributed by atoms with Gasteiger partial charge in [-0.15, -0.1) is 0 Å². The van der Waals surface area contributed by atoms with Gasteiger partial charge < -0.3 is 24.7 Å². The molecule has 2 unspecified atom stereocenters. The lowest BCUT2D eigenvalue weighted by molar-refractivity contribution is -0.193. The highest BCUT2D eigenvalue weighted by Crippen LogP contribution is 2.36. The first-order chi connectivity index (χ1) is 17.5. The Balaban J connectivity index is 0.000000301. The van der Waals surface area contributed by atoms with Gasteiger partial charge in [-0.25, -0.2) is 19.0 Å². The summed E-state index contributed by atoms with van der Waals surface area (Å²) in [5.41, 5.74) is -0.134. The summed E-state index contributed by atoms with van der Waals surface area (Å²) < 4.78 is 89.0. The summed E-state index contributed by atoms with van der Waals surface area (Å²) >= 11 is 0. The number of aliphatic carboxylic acids is 2. The van der Waals surface area contributed by atoms with Crippen molar-refractivity contribution in [3.8, 4) is 0 Å². The number of hydrogen-bond donors (Lipinski definition) is 3. The maximum absolute atomic E-state index is 13.7. The van der Waals surface area contributed by atoms with Crippen molar-refractivity contribution in [1.29, 1.82) is 0 Å². The number of anilines is 1. The van der Waals surface area contributed by atoms with E-state index >= 15 is 0 Å². The third-order valence-corrected chi connectivity index (χ3v) is 5.36. The van der Waals surface area contributed by atoms with Crippen molar-refractivity contribution in [1.82, 2.24) is 9.88 Å². The summed E-state index contributed by atoms with van der Waals surface area (Å²) in [6.45, 7) is 5.23. The van der Waals surface area contributed by atoms with E-state index in [-0.39, 0.29) is 17.5 Å². The zero-order valence-corrected chi connectivity index (χ0v) is 19.8. The fourth-order valence-corrected chi connectivity index (χ4v) is 3.76. The number of hydrogen-bond acceptors (Lipinski definition) is 7. The predicted octanol–water partition coefficient (Wildman–Crippen LogP) is 4.23. The minimum absolute atomic E-state index is 0.0974. The van der Waals surface area contributed by atoms with Crippen molar-refractivity contribution in [3.05, 3.63) is 47.8 Å². The lowest BCUT2D eigenvalue weighted by Gasteiger charge is -2.23. The van der Waals surface area contributed by atoms with Crippen molar-refractivity contribution in [2.75, 3.05) is 25.0 Å². The molecule has 3 N–H and O–H groups in total. The largest absolute Gasteiger partial charge is 0.490 e. The van der Waals surface area contributed by atoms with Crippen LogP contribution in [-0.4, -0.2) is 75.7 Å². The van der Waals surface area contributed by atoms with Crippen LogP contribution in [0.15, 0.2) is 34.9 Å². The SMILES string of the molecule is Cc1ccc(CN2CCC3(CC(Nc4ncccc4F)CO3)C2)o1.O=C(O)C(F)(F)F.O=C(O)C(F)(F)F. The van der Waals surface area contributed by atoms with Gasteiger partial charge in [-0.2, -0.15) is 26.3 Å². The van der Waals surface area contributed by atoms with Crippen LogP contribution in [-0.2, 0) is 20.9 Å². The Morgan fingerprint density at radius 3 is 2.24 bits per heavy atom. The maximum Gasteiger partial charge on any atom is 0.490 e. The van der Waals surface area contributed by atoms with Crippen LogP contribution in [0.2, 0.25) is 0 Å². The molecule has 9 nitrogen and oxygen atoms in total. The van der Waals surface area contributed by atoms with Crippen LogP contribution < -0.4 is 5.32 Å². The summed E-state index contributed by atoms with van der Waals surface area (Å²) in [5, 5.41) is 17.4. The summed E-state index contributed by atoms with van der Waals surface area (Å²) in [6.07, 6.45) is -6.70. The van der Waals surface area contributed by atoms with Gasteiger partial charge in [-0.1, -0.05) is 0 Å². The van der Waals surface area contributed by atoms with E-state index in [1.54, 1.807) is 12.3 Å². The molecule has 0 amide bonds. The molecule has 16 heteroatoms. The van der Waals surface area contributed by atoms with Crippen LogP contribution in [0.4, 0.5) is 36.6 Å². The number of furan rings is 1. The second-order valence-corrected chi connectivity index (χ2v) is 8.45. The molecule has 2 aliphatic rings. The van der Waals surface area contributed by atoms with Crippen LogP contribution in [0, 0.1) is 12.7 Å². The van der Waals surface area contributed by atoms with Gasteiger partial charge >= 0.3 is 24.3 Å². The smallest absolute Gasteiger partial charge is 0.475 e. The number of carbonyl (C=O) groups is 2. The zero-order valence-electron chi connectivity index (χ0n) is 19.8. The molecule has 2 fully saturated rings. The molecule has 2 aliphatic heterocycles. The van der Waals surface area contributed by atoms with Gasteiger partial charge in [0.2, 0.25) is 0 Å². The van der Waals surface area contributed by atoms with Gasteiger partial charge in [0, 0.05) is 25.7 Å². The predicted molar refractivity (Wildman–Crippen MR) is 116 cm³/mol. The molecule has 212 valence electrons. The van der Waals surface area contributed by atoms with Crippen molar-refractivity contribution >= 4 is 17.8 Å². The van der Waals surface area contributed by atoms with E-state index in [0.717, 1.165) is 44.0 Å². The summed E-state index contributed by atoms with van der Waals surface area (Å²) in [7, 11) is 0. The normalized spacial score (nSPS) is 21.3. The number of rotatable bonds is 4. The first kappa shape index (κ1) is 30.8. The highest BCUT2D eigenvalue weighted by molar-refractivity contribution is 5.73. The molecular weight excluding hydrogens is 535 g/mol. The molecule has 38 heavy (non-hydrogen) atoms. The second kappa shape index (κ2) is 12.4. The van der Waals surface area contributed by atoms with Gasteiger partial charge in [-0.05, 0) is 37.6 Å². The van der Waals surface area contributed by atoms with Crippen LogP contribution in [0.5, 0.6) is 0 Å². The average molecular weight is 559 g/mol. The van der Waals surface area contributed by atoms with E-state index in [0.29, 0.717) is 12.4 Å². The van der Waals surface area contributed by atoms with Crippen molar-refractivity contribution < 1.29 is 59.7 Å². The van der Waals surface area contributed by atoms with Crippen molar-refractivity contribution in [2.24, 2.45) is 0 Å². The van der Waals surface area contributed by atoms with Crippen molar-refractivity contribution in [2.45, 2.75) is 50.3 Å². The molecule has 4 heterocycles. The number of alkyl halides is 6. The van der Waals surface area contributed by atoms with Crippen molar-refractivity contribution in [3.63, 3.8) is 0 Å². The number of pyridine rings is 1. The maximum atomic E-state index is 13.7. The molecule has 0 saturated carbocycles. The fourth-order valence-electron chi connectivity index (χ4n) is 3.76. The highest BCUT2D eigenvalue weighted by Gasteiger charge is 2.45. The van der Waals surface area contributed by atoms with Gasteiger partial charge in [0.05, 0.1) is 24.8 Å². The lowest BCUT2D eigenvalue weighted by atomic mass is 9.97. The molecular formula is C22H24F7N3O6. The molecule has 2 aromatic heterocycles. The Morgan fingerprint density at radius 2 is 1.74 bits per heavy atom. The number of likely N-dealkylation sites (tertiary alicyclic amines) is 1. The highest BCUT2D eigenvalue weighted by atomic mass is 19.4. The Morgan fingerprint density at radius 1 is 1.13 bits per heavy atom. The summed E-state index contributed by atoms with van der Waals surface area (Å²) in [6, 6.07) is 7.14. The molecule has 1 spiro atoms. The molecule has 4 rings (SSSR count). The Hall–Kier alpha value is -3.40. The van der Waals surface area contributed by atoms with Gasteiger partial charge in [0.1, 0.15) is 11.5 Å². The van der Waals surface area contributed by atoms with E-state index in [4.69, 9.17) is 29.0 Å². The zero-order chi connectivity index (χ0) is 28.7. The second-order valence-electron chi connectivity index (χ2n) is 8.45. The van der Waals surface area contributed by atoms with E-state index in [9.17, 15) is 30.7 Å². The fraction of sp³-hybridized carbons (Fsp3) is 0.500. The number of carboxylic acid groups (broad SMARTS) is 2. The molecule has 0 bridgehead atoms. The molecule has 2 saturated heterocycles. The monoisotopic (exact) mass is 559 g/mol. The van der Waals surface area contributed by atoms with Gasteiger partial charge in [-0.3, -0.25) is 4.90 Å². The third-order valence-electron chi connectivity index (χ3n) is 5.36. The standard InChI is InChI=1S/C18H22FN3O2.2C2HF3O2/c1-13-4-5-15(24-13)10-22-8-6-18(12-22)9-14(11-23-18)21-17-16(19)3-2-7-20-17;2*3-2(4,5)1(6)7/h2-5,7,14H,6,8-12H2,1H3,(H,20,21);2*(H,6,7). The Bertz CT molecular complexity index is 1070. The van der Waals surface area contributed by atoms with E-state index in [1.807, 2.05) is 19.1 Å². The molecule has 2 aromatic rings. The minimum atomic E-state index is -5.08. The topological polar surface area (TPSA) is 125 Å². The summed E-state index contributed by atoms with van der Waals surface area (Å²) in [5.74, 6) is -3.59. The van der Waals surface area contributed by atoms with E-state index < -0.39 is 24.3 Å². The lowest BCUT2D eigenvalue weighted by Crippen LogP contribution is -2.33. The number of aryl methyl sites for hydroxylation is 1. The van der Waals surface area contributed by atoms with E-state index in [1.165, 1.54) is 6.07 Å². The molecule has 2 atom stereocenters. The van der Waals surface area contributed by atoms with E-state index in [2.05, 4.69) is 15.2 Å². The van der Waals surface area contributed by atoms with Gasteiger partial charge in [0.25, 0.3) is 0 Å². The summed E-state index contributed by atoms with van der Waals surface area (Å²) in [4.78, 5) is 24.2. The van der Waals surface area contributed by atoms with Gasteiger partial charge in [0.15, 0.2) is 11.6 Å². The van der Waals surface area contributed by atoms with Crippen LogP contribution in [0.25, 0.3) is 0 Å².